The Labute approximate surface area is 149 Å². The Morgan fingerprint density at radius 2 is 2.00 bits per heavy atom. The number of likely N-dealkylation sites (tertiary alicyclic amines) is 2. The SMILES string of the molecule is CO[C@@H]1CCN(Cc2cnn(C)c2)[C@@H]2CN(Cc3ccncc3)C[C@@H]21. The summed E-state index contributed by atoms with van der Waals surface area (Å²) in [5.41, 5.74) is 2.63. The van der Waals surface area contributed by atoms with Gasteiger partial charge in [-0.15, -0.1) is 0 Å². The second-order valence-corrected chi connectivity index (χ2v) is 7.34. The van der Waals surface area contributed by atoms with Crippen molar-refractivity contribution >= 4 is 0 Å². The number of rotatable bonds is 5. The molecule has 0 N–H and O–H groups in total. The summed E-state index contributed by atoms with van der Waals surface area (Å²) >= 11 is 0. The van der Waals surface area contributed by atoms with E-state index in [1.165, 1.54) is 11.1 Å². The van der Waals surface area contributed by atoms with Crippen molar-refractivity contribution in [2.45, 2.75) is 31.7 Å². The van der Waals surface area contributed by atoms with Gasteiger partial charge in [-0.05, 0) is 24.1 Å². The first-order valence-corrected chi connectivity index (χ1v) is 9.08. The van der Waals surface area contributed by atoms with Gasteiger partial charge in [0.25, 0.3) is 0 Å². The predicted octanol–water partition coefficient (Wildman–Crippen LogP) is 1.54. The lowest BCUT2D eigenvalue weighted by molar-refractivity contribution is -0.0245. The highest BCUT2D eigenvalue weighted by Gasteiger charge is 2.44. The van der Waals surface area contributed by atoms with Crippen molar-refractivity contribution in [1.82, 2.24) is 24.6 Å². The van der Waals surface area contributed by atoms with Crippen LogP contribution in [0, 0.1) is 5.92 Å². The number of pyridine rings is 1. The number of piperidine rings is 1. The van der Waals surface area contributed by atoms with Crippen molar-refractivity contribution in [1.29, 1.82) is 0 Å². The number of methoxy groups -OCH3 is 1. The summed E-state index contributed by atoms with van der Waals surface area (Å²) in [6, 6.07) is 4.78. The van der Waals surface area contributed by atoms with E-state index in [0.29, 0.717) is 18.1 Å². The smallest absolute Gasteiger partial charge is 0.0639 e. The molecule has 2 saturated heterocycles. The van der Waals surface area contributed by atoms with Gasteiger partial charge >= 0.3 is 0 Å². The third-order valence-electron chi connectivity index (χ3n) is 5.66. The molecule has 0 unspecified atom stereocenters. The van der Waals surface area contributed by atoms with Crippen LogP contribution in [0.1, 0.15) is 17.5 Å². The average molecular weight is 341 g/mol. The van der Waals surface area contributed by atoms with Gasteiger partial charge in [-0.25, -0.2) is 0 Å². The fourth-order valence-corrected chi connectivity index (χ4v) is 4.47. The zero-order valence-corrected chi connectivity index (χ0v) is 15.1. The van der Waals surface area contributed by atoms with Crippen LogP contribution in [0.25, 0.3) is 0 Å². The molecule has 2 aromatic heterocycles. The van der Waals surface area contributed by atoms with Gasteiger partial charge in [0, 0.05) is 83.0 Å². The van der Waals surface area contributed by atoms with Crippen LogP contribution in [0.5, 0.6) is 0 Å². The van der Waals surface area contributed by atoms with E-state index in [2.05, 4.69) is 38.2 Å². The maximum atomic E-state index is 5.83. The molecule has 4 heterocycles. The van der Waals surface area contributed by atoms with E-state index in [9.17, 15) is 0 Å². The molecule has 134 valence electrons. The Bertz CT molecular complexity index is 688. The molecular weight excluding hydrogens is 314 g/mol. The predicted molar refractivity (Wildman–Crippen MR) is 95.8 cm³/mol. The van der Waals surface area contributed by atoms with Crippen molar-refractivity contribution in [2.75, 3.05) is 26.7 Å². The number of nitrogens with zero attached hydrogens (tertiary/aromatic N) is 5. The lowest BCUT2D eigenvalue weighted by Gasteiger charge is -2.41. The first kappa shape index (κ1) is 16.7. The molecule has 6 nitrogen and oxygen atoms in total. The van der Waals surface area contributed by atoms with Gasteiger partial charge in [0.1, 0.15) is 0 Å². The maximum absolute atomic E-state index is 5.83. The van der Waals surface area contributed by atoms with Crippen LogP contribution in [-0.4, -0.2) is 63.5 Å². The lowest BCUT2D eigenvalue weighted by Crippen LogP contribution is -2.50. The zero-order valence-electron chi connectivity index (χ0n) is 15.1. The van der Waals surface area contributed by atoms with Crippen LogP contribution in [0.3, 0.4) is 0 Å². The molecule has 2 aromatic rings. The molecule has 4 rings (SSSR count). The molecule has 0 bridgehead atoms. The Balaban J connectivity index is 1.47. The number of hydrogen-bond acceptors (Lipinski definition) is 5. The Morgan fingerprint density at radius 1 is 1.16 bits per heavy atom. The van der Waals surface area contributed by atoms with Gasteiger partial charge in [0.2, 0.25) is 0 Å². The highest BCUT2D eigenvalue weighted by molar-refractivity contribution is 5.11. The molecule has 0 spiro atoms. The van der Waals surface area contributed by atoms with Gasteiger partial charge in [-0.3, -0.25) is 19.5 Å². The normalized spacial score (nSPS) is 27.5. The van der Waals surface area contributed by atoms with E-state index in [1.807, 2.05) is 37.4 Å². The van der Waals surface area contributed by atoms with Crippen molar-refractivity contribution in [3.05, 3.63) is 48.0 Å². The molecule has 2 aliphatic rings. The minimum absolute atomic E-state index is 0.373. The van der Waals surface area contributed by atoms with Crippen molar-refractivity contribution in [3.63, 3.8) is 0 Å². The highest BCUT2D eigenvalue weighted by Crippen LogP contribution is 2.34. The topological polar surface area (TPSA) is 46.4 Å². The summed E-state index contributed by atoms with van der Waals surface area (Å²) in [5, 5.41) is 4.32. The minimum atomic E-state index is 0.373. The van der Waals surface area contributed by atoms with E-state index in [1.54, 1.807) is 0 Å². The van der Waals surface area contributed by atoms with Gasteiger partial charge in [0.05, 0.1) is 12.3 Å². The number of ether oxygens (including phenoxy) is 1. The molecule has 0 radical (unpaired) electrons. The summed E-state index contributed by atoms with van der Waals surface area (Å²) in [4.78, 5) is 9.32. The molecule has 25 heavy (non-hydrogen) atoms. The molecule has 6 heteroatoms. The van der Waals surface area contributed by atoms with Crippen LogP contribution in [0.15, 0.2) is 36.9 Å². The molecule has 0 aliphatic carbocycles. The summed E-state index contributed by atoms with van der Waals surface area (Å²) in [7, 11) is 3.85. The molecule has 0 amide bonds. The quantitative estimate of drug-likeness (QED) is 0.825. The largest absolute Gasteiger partial charge is 0.381 e. The molecular formula is C19H27N5O. The Hall–Kier alpha value is -1.76. The van der Waals surface area contributed by atoms with Gasteiger partial charge in [-0.1, -0.05) is 0 Å². The average Bonchev–Trinajstić information content (AvgIpc) is 3.22. The van der Waals surface area contributed by atoms with E-state index < -0.39 is 0 Å². The Kier molecular flexibility index (Phi) is 4.83. The Morgan fingerprint density at radius 3 is 2.72 bits per heavy atom. The number of aromatic nitrogens is 3. The lowest BCUT2D eigenvalue weighted by atomic mass is 9.89. The monoisotopic (exact) mass is 341 g/mol. The van der Waals surface area contributed by atoms with Gasteiger partial charge < -0.3 is 4.74 Å². The van der Waals surface area contributed by atoms with Crippen LogP contribution >= 0.6 is 0 Å². The van der Waals surface area contributed by atoms with Crippen LogP contribution in [-0.2, 0) is 24.9 Å². The first-order chi connectivity index (χ1) is 12.2. The standard InChI is InChI=1S/C19H27N5O/c1-22-10-16(9-21-22)12-24-8-5-19(25-2)17-13-23(14-18(17)24)11-15-3-6-20-7-4-15/h3-4,6-7,9-10,17-19H,5,8,11-14H2,1-2H3/t17-,18+,19+/m0/s1. The third kappa shape index (κ3) is 3.61. The third-order valence-corrected chi connectivity index (χ3v) is 5.66. The second-order valence-electron chi connectivity index (χ2n) is 7.34. The van der Waals surface area contributed by atoms with Crippen LogP contribution in [0.4, 0.5) is 0 Å². The molecule has 0 saturated carbocycles. The molecule has 2 aliphatic heterocycles. The minimum Gasteiger partial charge on any atom is -0.381 e. The number of fused-ring (bicyclic) bond motifs is 1. The highest BCUT2D eigenvalue weighted by atomic mass is 16.5. The van der Waals surface area contributed by atoms with Crippen LogP contribution < -0.4 is 0 Å². The van der Waals surface area contributed by atoms with Gasteiger partial charge in [-0.2, -0.15) is 5.10 Å². The van der Waals surface area contributed by atoms with Crippen molar-refractivity contribution < 1.29 is 4.74 Å². The van der Waals surface area contributed by atoms with E-state index >= 15 is 0 Å². The first-order valence-electron chi connectivity index (χ1n) is 9.08. The number of aryl methyl sites for hydroxylation is 1. The van der Waals surface area contributed by atoms with Gasteiger partial charge in [0.15, 0.2) is 0 Å². The fourth-order valence-electron chi connectivity index (χ4n) is 4.47. The summed E-state index contributed by atoms with van der Waals surface area (Å²) in [6.45, 7) is 5.28. The summed E-state index contributed by atoms with van der Waals surface area (Å²) in [5.74, 6) is 0.581. The maximum Gasteiger partial charge on any atom is 0.0639 e. The van der Waals surface area contributed by atoms with E-state index in [0.717, 1.165) is 39.1 Å². The van der Waals surface area contributed by atoms with Crippen molar-refractivity contribution in [3.8, 4) is 0 Å². The van der Waals surface area contributed by atoms with Crippen LogP contribution in [0.2, 0.25) is 0 Å². The summed E-state index contributed by atoms with van der Waals surface area (Å²) < 4.78 is 7.71. The van der Waals surface area contributed by atoms with E-state index in [-0.39, 0.29) is 0 Å². The number of hydrogen-bond donors (Lipinski definition) is 0. The van der Waals surface area contributed by atoms with E-state index in [4.69, 9.17) is 4.74 Å². The van der Waals surface area contributed by atoms with Crippen molar-refractivity contribution in [2.24, 2.45) is 13.0 Å². The fraction of sp³-hybridized carbons (Fsp3) is 0.579. The molecule has 0 aromatic carbocycles. The zero-order chi connectivity index (χ0) is 17.2. The second kappa shape index (κ2) is 7.23. The molecule has 3 atom stereocenters. The summed E-state index contributed by atoms with van der Waals surface area (Å²) in [6.07, 6.45) is 9.36. The molecule has 2 fully saturated rings.